The van der Waals surface area contributed by atoms with Crippen LogP contribution >= 0.6 is 11.6 Å². The number of hydrogen-bond donors (Lipinski definition) is 3. The lowest BCUT2D eigenvalue weighted by Crippen LogP contribution is -2.46. The molecule has 148 valence electrons. The minimum atomic E-state index is -0.992. The van der Waals surface area contributed by atoms with Gasteiger partial charge in [0.1, 0.15) is 6.04 Å². The monoisotopic (exact) mass is 403 g/mol. The Hall–Kier alpha value is -3.06. The highest BCUT2D eigenvalue weighted by atomic mass is 35.5. The molecule has 0 aliphatic carbocycles. The van der Waals surface area contributed by atoms with E-state index in [0.717, 1.165) is 11.1 Å². The number of ether oxygens (including phenoxy) is 1. The van der Waals surface area contributed by atoms with Gasteiger partial charge in [-0.3, -0.25) is 4.79 Å². The summed E-state index contributed by atoms with van der Waals surface area (Å²) in [5.74, 6) is -1.23. The third kappa shape index (κ3) is 6.59. The van der Waals surface area contributed by atoms with E-state index in [0.29, 0.717) is 5.02 Å². The van der Waals surface area contributed by atoms with E-state index in [1.165, 1.54) is 0 Å². The molecule has 4 N–H and O–H groups in total. The van der Waals surface area contributed by atoms with Crippen LogP contribution in [0.3, 0.4) is 0 Å². The van der Waals surface area contributed by atoms with Crippen LogP contribution in [0.15, 0.2) is 54.6 Å². The summed E-state index contributed by atoms with van der Waals surface area (Å²) in [5.41, 5.74) is 6.70. The number of benzene rings is 2. The Bertz CT molecular complexity index is 829. The van der Waals surface area contributed by atoms with Gasteiger partial charge < -0.3 is 21.1 Å². The molecule has 7 nitrogen and oxygen atoms in total. The fourth-order valence-electron chi connectivity index (χ4n) is 2.64. The van der Waals surface area contributed by atoms with Gasteiger partial charge in [0, 0.05) is 11.4 Å². The Kier molecular flexibility index (Phi) is 7.83. The van der Waals surface area contributed by atoms with E-state index >= 15 is 0 Å². The van der Waals surface area contributed by atoms with Crippen LogP contribution in [0.1, 0.15) is 24.1 Å². The average Bonchev–Trinajstić information content (AvgIpc) is 2.66. The van der Waals surface area contributed by atoms with Crippen molar-refractivity contribution in [3.8, 4) is 0 Å². The molecule has 0 saturated heterocycles. The Morgan fingerprint density at radius 1 is 1.04 bits per heavy atom. The molecule has 0 aliphatic heterocycles. The van der Waals surface area contributed by atoms with E-state index < -0.39 is 30.6 Å². The highest BCUT2D eigenvalue weighted by Gasteiger charge is 2.23. The number of nitrogens with two attached hydrogens (primary N) is 1. The first-order valence-electron chi connectivity index (χ1n) is 8.67. The smallest absolute Gasteiger partial charge is 0.329 e. The summed E-state index contributed by atoms with van der Waals surface area (Å²) in [6.45, 7) is 1.28. The predicted octanol–water partition coefficient (Wildman–Crippen LogP) is 2.34. The quantitative estimate of drug-likeness (QED) is 0.587. The third-order valence-electron chi connectivity index (χ3n) is 3.98. The van der Waals surface area contributed by atoms with Gasteiger partial charge in [-0.2, -0.15) is 0 Å². The van der Waals surface area contributed by atoms with Gasteiger partial charge in [-0.15, -0.1) is 0 Å². The summed E-state index contributed by atoms with van der Waals surface area (Å²) < 4.78 is 5.05. The highest BCUT2D eigenvalue weighted by molar-refractivity contribution is 6.31. The van der Waals surface area contributed by atoms with Gasteiger partial charge in [-0.1, -0.05) is 60.1 Å². The molecule has 0 saturated carbocycles. The van der Waals surface area contributed by atoms with E-state index in [2.05, 4.69) is 10.6 Å². The fourth-order valence-corrected chi connectivity index (χ4v) is 2.94. The van der Waals surface area contributed by atoms with E-state index in [1.807, 2.05) is 24.3 Å². The van der Waals surface area contributed by atoms with Gasteiger partial charge >= 0.3 is 12.0 Å². The number of amides is 3. The Labute approximate surface area is 168 Å². The first kappa shape index (κ1) is 21.2. The molecular weight excluding hydrogens is 382 g/mol. The van der Waals surface area contributed by atoms with Gasteiger partial charge in [-0.05, 0) is 24.1 Å². The van der Waals surface area contributed by atoms with E-state index in [1.54, 1.807) is 37.3 Å². The van der Waals surface area contributed by atoms with Crippen LogP contribution in [0.2, 0.25) is 5.02 Å². The van der Waals surface area contributed by atoms with Crippen molar-refractivity contribution >= 4 is 29.5 Å². The maximum Gasteiger partial charge on any atom is 0.329 e. The number of urea groups is 1. The molecule has 0 fully saturated rings. The number of hydrogen-bond acceptors (Lipinski definition) is 4. The molecular formula is C20H22ClN3O4. The molecule has 28 heavy (non-hydrogen) atoms. The highest BCUT2D eigenvalue weighted by Crippen LogP contribution is 2.21. The van der Waals surface area contributed by atoms with Crippen molar-refractivity contribution < 1.29 is 19.1 Å². The van der Waals surface area contributed by atoms with Crippen molar-refractivity contribution in [2.24, 2.45) is 5.73 Å². The second-order valence-electron chi connectivity index (χ2n) is 6.17. The van der Waals surface area contributed by atoms with Crippen molar-refractivity contribution in [2.45, 2.75) is 25.4 Å². The van der Waals surface area contributed by atoms with Crippen molar-refractivity contribution in [3.63, 3.8) is 0 Å². The van der Waals surface area contributed by atoms with Crippen LogP contribution in [0.4, 0.5) is 4.79 Å². The molecule has 8 heteroatoms. The molecule has 0 aliphatic rings. The van der Waals surface area contributed by atoms with Crippen LogP contribution in [-0.2, 0) is 20.7 Å². The molecule has 2 aromatic carbocycles. The molecule has 0 unspecified atom stereocenters. The molecule has 0 aromatic heterocycles. The molecule has 0 bridgehead atoms. The fraction of sp³-hybridized carbons (Fsp3) is 0.250. The largest absolute Gasteiger partial charge is 0.454 e. The minimum absolute atomic E-state index is 0.195. The second kappa shape index (κ2) is 10.3. The standard InChI is InChI=1S/C20H22ClN3O4/c1-13(15-9-5-6-10-16(15)21)23-18(25)12-28-19(26)17(24-20(22)27)11-14-7-3-2-4-8-14/h2-10,13,17H,11-12H2,1H3,(H,23,25)(H3,22,24,27)/t13-,17-/m0/s1. The summed E-state index contributed by atoms with van der Waals surface area (Å²) in [4.78, 5) is 35.6. The zero-order valence-electron chi connectivity index (χ0n) is 15.4. The lowest BCUT2D eigenvalue weighted by molar-refractivity contribution is -0.150. The van der Waals surface area contributed by atoms with Crippen LogP contribution in [0.5, 0.6) is 0 Å². The summed E-state index contributed by atoms with van der Waals surface area (Å²) in [6, 6.07) is 14.0. The molecule has 2 atom stereocenters. The van der Waals surface area contributed by atoms with E-state index in [-0.39, 0.29) is 12.5 Å². The van der Waals surface area contributed by atoms with Crippen LogP contribution < -0.4 is 16.4 Å². The Morgan fingerprint density at radius 2 is 1.68 bits per heavy atom. The van der Waals surface area contributed by atoms with Crippen molar-refractivity contribution in [3.05, 3.63) is 70.7 Å². The maximum absolute atomic E-state index is 12.3. The van der Waals surface area contributed by atoms with Crippen molar-refractivity contribution in [1.29, 1.82) is 0 Å². The molecule has 0 heterocycles. The van der Waals surface area contributed by atoms with Crippen LogP contribution in [0, 0.1) is 0 Å². The number of carbonyl (C=O) groups is 3. The van der Waals surface area contributed by atoms with E-state index in [4.69, 9.17) is 22.1 Å². The Morgan fingerprint density at radius 3 is 2.32 bits per heavy atom. The Balaban J connectivity index is 1.91. The predicted molar refractivity (Wildman–Crippen MR) is 106 cm³/mol. The number of primary amides is 1. The molecule has 2 rings (SSSR count). The first-order chi connectivity index (χ1) is 13.4. The molecule has 0 radical (unpaired) electrons. The van der Waals surface area contributed by atoms with Gasteiger partial charge in [0.05, 0.1) is 6.04 Å². The lowest BCUT2D eigenvalue weighted by Gasteiger charge is -2.18. The van der Waals surface area contributed by atoms with Crippen LogP contribution in [0.25, 0.3) is 0 Å². The first-order valence-corrected chi connectivity index (χ1v) is 9.05. The molecule has 0 spiro atoms. The van der Waals surface area contributed by atoms with Crippen molar-refractivity contribution in [2.75, 3.05) is 6.61 Å². The summed E-state index contributed by atoms with van der Waals surface area (Å²) in [6.07, 6.45) is 0.195. The van der Waals surface area contributed by atoms with Crippen molar-refractivity contribution in [1.82, 2.24) is 10.6 Å². The number of esters is 1. The summed E-state index contributed by atoms with van der Waals surface area (Å²) >= 11 is 6.11. The number of rotatable bonds is 8. The lowest BCUT2D eigenvalue weighted by atomic mass is 10.1. The summed E-state index contributed by atoms with van der Waals surface area (Å²) in [7, 11) is 0. The zero-order valence-corrected chi connectivity index (χ0v) is 16.1. The number of halogens is 1. The van der Waals surface area contributed by atoms with Gasteiger partial charge in [0.25, 0.3) is 5.91 Å². The topological polar surface area (TPSA) is 111 Å². The molecule has 3 amide bonds. The van der Waals surface area contributed by atoms with E-state index in [9.17, 15) is 14.4 Å². The van der Waals surface area contributed by atoms with Gasteiger partial charge in [0.2, 0.25) is 0 Å². The maximum atomic E-state index is 12.3. The normalized spacial score (nSPS) is 12.5. The SMILES string of the molecule is C[C@H](NC(=O)COC(=O)[C@H](Cc1ccccc1)NC(N)=O)c1ccccc1Cl. The van der Waals surface area contributed by atoms with Gasteiger partial charge in [-0.25, -0.2) is 9.59 Å². The molecule has 2 aromatic rings. The number of nitrogens with one attached hydrogen (secondary N) is 2. The summed E-state index contributed by atoms with van der Waals surface area (Å²) in [5, 5.41) is 5.58. The van der Waals surface area contributed by atoms with Crippen LogP contribution in [-0.4, -0.2) is 30.6 Å². The number of carbonyl (C=O) groups excluding carboxylic acids is 3. The second-order valence-corrected chi connectivity index (χ2v) is 6.58. The zero-order chi connectivity index (χ0) is 20.5. The average molecular weight is 404 g/mol. The third-order valence-corrected chi connectivity index (χ3v) is 4.32. The van der Waals surface area contributed by atoms with Gasteiger partial charge in [0.15, 0.2) is 6.61 Å². The minimum Gasteiger partial charge on any atom is -0.454 e.